The molecule has 110 valence electrons. The standard InChI is InChI=1S/C17H13BrN2O2/c1-22-13-4-2-3-11(9-13)17(21)20-16-7-8-19-15-6-5-12(18)10-14(15)16/h2-10H,1H3,(H,19,20,21). The number of methoxy groups -OCH3 is 1. The lowest BCUT2D eigenvalue weighted by Crippen LogP contribution is -2.12. The molecule has 3 rings (SSSR count). The average molecular weight is 357 g/mol. The van der Waals surface area contributed by atoms with Crippen molar-refractivity contribution in [2.24, 2.45) is 0 Å². The van der Waals surface area contributed by atoms with E-state index in [2.05, 4.69) is 26.2 Å². The summed E-state index contributed by atoms with van der Waals surface area (Å²) in [5, 5.41) is 3.81. The molecule has 1 amide bonds. The number of aromatic nitrogens is 1. The molecule has 0 unspecified atom stereocenters. The van der Waals surface area contributed by atoms with Crippen LogP contribution in [-0.4, -0.2) is 18.0 Å². The van der Waals surface area contributed by atoms with E-state index in [0.717, 1.165) is 21.1 Å². The molecule has 2 aromatic carbocycles. The Morgan fingerprint density at radius 2 is 2.05 bits per heavy atom. The highest BCUT2D eigenvalue weighted by Crippen LogP contribution is 2.25. The highest BCUT2D eigenvalue weighted by Gasteiger charge is 2.10. The van der Waals surface area contributed by atoms with E-state index in [1.807, 2.05) is 18.2 Å². The SMILES string of the molecule is COc1cccc(C(=O)Nc2ccnc3ccc(Br)cc23)c1. The molecule has 5 heteroatoms. The summed E-state index contributed by atoms with van der Waals surface area (Å²) in [5.74, 6) is 0.460. The number of halogens is 1. The highest BCUT2D eigenvalue weighted by atomic mass is 79.9. The number of nitrogens with one attached hydrogen (secondary N) is 1. The second-order valence-corrected chi connectivity index (χ2v) is 5.62. The Morgan fingerprint density at radius 1 is 1.18 bits per heavy atom. The number of fused-ring (bicyclic) bond motifs is 1. The lowest BCUT2D eigenvalue weighted by Gasteiger charge is -2.09. The minimum absolute atomic E-state index is 0.189. The van der Waals surface area contributed by atoms with Crippen LogP contribution in [0.3, 0.4) is 0 Å². The molecule has 0 aliphatic rings. The monoisotopic (exact) mass is 356 g/mol. The van der Waals surface area contributed by atoms with Crippen molar-refractivity contribution < 1.29 is 9.53 Å². The van der Waals surface area contributed by atoms with Gasteiger partial charge in [0.15, 0.2) is 0 Å². The number of hydrogen-bond donors (Lipinski definition) is 1. The van der Waals surface area contributed by atoms with Crippen LogP contribution in [0.15, 0.2) is 59.2 Å². The predicted octanol–water partition coefficient (Wildman–Crippen LogP) is 4.26. The van der Waals surface area contributed by atoms with Crippen LogP contribution in [0.1, 0.15) is 10.4 Å². The normalized spacial score (nSPS) is 10.5. The Balaban J connectivity index is 1.95. The topological polar surface area (TPSA) is 51.2 Å². The van der Waals surface area contributed by atoms with Crippen LogP contribution >= 0.6 is 15.9 Å². The van der Waals surface area contributed by atoms with E-state index in [1.54, 1.807) is 43.6 Å². The van der Waals surface area contributed by atoms with Crippen LogP contribution in [0.4, 0.5) is 5.69 Å². The Bertz CT molecular complexity index is 849. The van der Waals surface area contributed by atoms with Gasteiger partial charge >= 0.3 is 0 Å². The van der Waals surface area contributed by atoms with Crippen molar-refractivity contribution >= 4 is 38.4 Å². The van der Waals surface area contributed by atoms with E-state index in [4.69, 9.17) is 4.74 Å². The number of carbonyl (C=O) groups excluding carboxylic acids is 1. The fraction of sp³-hybridized carbons (Fsp3) is 0.0588. The van der Waals surface area contributed by atoms with Gasteiger partial charge in [0.1, 0.15) is 5.75 Å². The summed E-state index contributed by atoms with van der Waals surface area (Å²) in [6.45, 7) is 0. The second kappa shape index (κ2) is 6.15. The maximum atomic E-state index is 12.4. The molecular formula is C17H13BrN2O2. The minimum atomic E-state index is -0.189. The first kappa shape index (κ1) is 14.5. The van der Waals surface area contributed by atoms with Gasteiger partial charge in [-0.3, -0.25) is 9.78 Å². The predicted molar refractivity (Wildman–Crippen MR) is 90.4 cm³/mol. The molecule has 0 aliphatic heterocycles. The Labute approximate surface area is 136 Å². The molecule has 4 nitrogen and oxygen atoms in total. The molecular weight excluding hydrogens is 344 g/mol. The fourth-order valence-corrected chi connectivity index (χ4v) is 2.55. The molecule has 0 aliphatic carbocycles. The molecule has 0 spiro atoms. The number of benzene rings is 2. The molecule has 0 bridgehead atoms. The van der Waals surface area contributed by atoms with E-state index in [1.165, 1.54) is 0 Å². The number of nitrogens with zero attached hydrogens (tertiary/aromatic N) is 1. The van der Waals surface area contributed by atoms with Crippen LogP contribution in [-0.2, 0) is 0 Å². The maximum absolute atomic E-state index is 12.4. The average Bonchev–Trinajstić information content (AvgIpc) is 2.55. The summed E-state index contributed by atoms with van der Waals surface area (Å²) in [7, 11) is 1.57. The first-order chi connectivity index (χ1) is 10.7. The van der Waals surface area contributed by atoms with Gasteiger partial charge in [0.25, 0.3) is 5.91 Å². The third-order valence-electron chi connectivity index (χ3n) is 3.28. The van der Waals surface area contributed by atoms with E-state index >= 15 is 0 Å². The minimum Gasteiger partial charge on any atom is -0.497 e. The van der Waals surface area contributed by atoms with Gasteiger partial charge in [0.2, 0.25) is 0 Å². The zero-order valence-corrected chi connectivity index (χ0v) is 13.4. The summed E-state index contributed by atoms with van der Waals surface area (Å²) in [5.41, 5.74) is 2.09. The molecule has 1 heterocycles. The van der Waals surface area contributed by atoms with Gasteiger partial charge in [-0.25, -0.2) is 0 Å². The van der Waals surface area contributed by atoms with Crippen molar-refractivity contribution in [3.8, 4) is 5.75 Å². The van der Waals surface area contributed by atoms with E-state index in [-0.39, 0.29) is 5.91 Å². The van der Waals surface area contributed by atoms with E-state index < -0.39 is 0 Å². The Hall–Kier alpha value is -2.40. The first-order valence-electron chi connectivity index (χ1n) is 6.67. The maximum Gasteiger partial charge on any atom is 0.255 e. The number of pyridine rings is 1. The van der Waals surface area contributed by atoms with E-state index in [9.17, 15) is 4.79 Å². The van der Waals surface area contributed by atoms with Gasteiger partial charge in [0.05, 0.1) is 18.3 Å². The lowest BCUT2D eigenvalue weighted by atomic mass is 10.1. The Morgan fingerprint density at radius 3 is 2.86 bits per heavy atom. The van der Waals surface area contributed by atoms with Crippen molar-refractivity contribution in [2.45, 2.75) is 0 Å². The Kier molecular flexibility index (Phi) is 4.06. The summed E-state index contributed by atoms with van der Waals surface area (Å²) >= 11 is 3.44. The zero-order chi connectivity index (χ0) is 15.5. The van der Waals surface area contributed by atoms with Crippen molar-refractivity contribution in [3.63, 3.8) is 0 Å². The van der Waals surface area contributed by atoms with Gasteiger partial charge in [-0.05, 0) is 42.5 Å². The summed E-state index contributed by atoms with van der Waals surface area (Å²) < 4.78 is 6.08. The molecule has 1 aromatic heterocycles. The number of rotatable bonds is 3. The fourth-order valence-electron chi connectivity index (χ4n) is 2.19. The molecule has 1 N–H and O–H groups in total. The zero-order valence-electron chi connectivity index (χ0n) is 11.8. The van der Waals surface area contributed by atoms with Crippen molar-refractivity contribution in [1.82, 2.24) is 4.98 Å². The molecule has 22 heavy (non-hydrogen) atoms. The van der Waals surface area contributed by atoms with Crippen LogP contribution in [0.25, 0.3) is 10.9 Å². The number of ether oxygens (including phenoxy) is 1. The molecule has 0 fully saturated rings. The summed E-state index contributed by atoms with van der Waals surface area (Å²) in [4.78, 5) is 16.7. The summed E-state index contributed by atoms with van der Waals surface area (Å²) in [6, 6.07) is 14.6. The molecule has 0 atom stereocenters. The van der Waals surface area contributed by atoms with Gasteiger partial charge in [-0.15, -0.1) is 0 Å². The van der Waals surface area contributed by atoms with Crippen molar-refractivity contribution in [3.05, 3.63) is 64.8 Å². The lowest BCUT2D eigenvalue weighted by molar-refractivity contribution is 0.102. The molecule has 0 saturated carbocycles. The quantitative estimate of drug-likeness (QED) is 0.762. The smallest absolute Gasteiger partial charge is 0.255 e. The van der Waals surface area contributed by atoms with Crippen LogP contribution in [0.2, 0.25) is 0 Å². The van der Waals surface area contributed by atoms with Crippen LogP contribution in [0.5, 0.6) is 5.75 Å². The van der Waals surface area contributed by atoms with Gasteiger partial charge in [-0.1, -0.05) is 22.0 Å². The molecule has 0 saturated heterocycles. The van der Waals surface area contributed by atoms with Crippen molar-refractivity contribution in [2.75, 3.05) is 12.4 Å². The van der Waals surface area contributed by atoms with E-state index in [0.29, 0.717) is 11.3 Å². The van der Waals surface area contributed by atoms with Gasteiger partial charge in [-0.2, -0.15) is 0 Å². The third kappa shape index (κ3) is 2.94. The molecule has 0 radical (unpaired) electrons. The van der Waals surface area contributed by atoms with Crippen LogP contribution < -0.4 is 10.1 Å². The highest BCUT2D eigenvalue weighted by molar-refractivity contribution is 9.10. The van der Waals surface area contributed by atoms with Gasteiger partial charge < -0.3 is 10.1 Å². The number of hydrogen-bond acceptors (Lipinski definition) is 3. The van der Waals surface area contributed by atoms with Crippen molar-refractivity contribution in [1.29, 1.82) is 0 Å². The van der Waals surface area contributed by atoms with Gasteiger partial charge in [0, 0.05) is 21.6 Å². The third-order valence-corrected chi connectivity index (χ3v) is 3.78. The largest absolute Gasteiger partial charge is 0.497 e. The second-order valence-electron chi connectivity index (χ2n) is 4.71. The number of anilines is 1. The van der Waals surface area contributed by atoms with Crippen LogP contribution in [0, 0.1) is 0 Å². The number of carbonyl (C=O) groups is 1. The number of amides is 1. The molecule has 3 aromatic rings. The first-order valence-corrected chi connectivity index (χ1v) is 7.46. The summed E-state index contributed by atoms with van der Waals surface area (Å²) in [6.07, 6.45) is 1.68.